The molecule has 0 aliphatic heterocycles. The van der Waals surface area contributed by atoms with E-state index in [1.54, 1.807) is 26.4 Å². The van der Waals surface area contributed by atoms with E-state index in [0.29, 0.717) is 17.3 Å². The number of methoxy groups -OCH3 is 2. The molecule has 0 aliphatic carbocycles. The normalized spacial score (nSPS) is 10.0. The van der Waals surface area contributed by atoms with E-state index in [0.717, 1.165) is 5.56 Å². The van der Waals surface area contributed by atoms with Gasteiger partial charge in [-0.15, -0.1) is 0 Å². The minimum Gasteiger partial charge on any atom is -0.493 e. The van der Waals surface area contributed by atoms with Gasteiger partial charge < -0.3 is 15.2 Å². The van der Waals surface area contributed by atoms with Crippen molar-refractivity contribution in [2.45, 2.75) is 0 Å². The van der Waals surface area contributed by atoms with Gasteiger partial charge in [-0.05, 0) is 18.2 Å². The molecule has 0 unspecified atom stereocenters. The minimum absolute atomic E-state index is 0.185. The van der Waals surface area contributed by atoms with Crippen molar-refractivity contribution in [1.82, 2.24) is 15.0 Å². The van der Waals surface area contributed by atoms with Crippen molar-refractivity contribution in [3.8, 4) is 22.9 Å². The van der Waals surface area contributed by atoms with Crippen LogP contribution in [0.3, 0.4) is 0 Å². The van der Waals surface area contributed by atoms with Crippen LogP contribution in [-0.2, 0) is 0 Å². The van der Waals surface area contributed by atoms with Crippen LogP contribution < -0.4 is 15.2 Å². The summed E-state index contributed by atoms with van der Waals surface area (Å²) in [6.45, 7) is 0. The molecule has 0 saturated carbocycles. The summed E-state index contributed by atoms with van der Waals surface area (Å²) in [6, 6.07) is 5.40. The number of nitrogen functional groups attached to an aromatic ring is 1. The van der Waals surface area contributed by atoms with Crippen LogP contribution >= 0.6 is 0 Å². The van der Waals surface area contributed by atoms with Crippen LogP contribution in [0.25, 0.3) is 11.4 Å². The largest absolute Gasteiger partial charge is 0.493 e. The summed E-state index contributed by atoms with van der Waals surface area (Å²) in [5.74, 6) is 1.95. The molecule has 6 nitrogen and oxygen atoms in total. The fourth-order valence-corrected chi connectivity index (χ4v) is 1.42. The van der Waals surface area contributed by atoms with Crippen molar-refractivity contribution in [2.75, 3.05) is 20.0 Å². The van der Waals surface area contributed by atoms with Gasteiger partial charge in [-0.25, -0.2) is 9.97 Å². The average Bonchev–Trinajstić information content (AvgIpc) is 2.38. The third kappa shape index (κ3) is 2.25. The Kier molecular flexibility index (Phi) is 3.04. The molecule has 88 valence electrons. The Hall–Kier alpha value is -2.37. The minimum atomic E-state index is 0.185. The van der Waals surface area contributed by atoms with Gasteiger partial charge in [0.2, 0.25) is 5.95 Å². The lowest BCUT2D eigenvalue weighted by Crippen LogP contribution is -1.98. The molecular weight excluding hydrogens is 220 g/mol. The smallest absolute Gasteiger partial charge is 0.223 e. The number of rotatable bonds is 3. The van der Waals surface area contributed by atoms with Gasteiger partial charge in [-0.1, -0.05) is 0 Å². The van der Waals surface area contributed by atoms with E-state index in [4.69, 9.17) is 15.2 Å². The topological polar surface area (TPSA) is 83.2 Å². The average molecular weight is 232 g/mol. The SMILES string of the molecule is COc1ccc(-c2ncnc(N)n2)cc1OC. The lowest BCUT2D eigenvalue weighted by atomic mass is 10.2. The molecule has 1 aromatic carbocycles. The molecule has 0 bridgehead atoms. The standard InChI is InChI=1S/C11H12N4O2/c1-16-8-4-3-7(5-9(8)17-2)10-13-6-14-11(12)15-10/h3-6H,1-2H3,(H2,12,13,14,15). The molecule has 0 spiro atoms. The summed E-state index contributed by atoms with van der Waals surface area (Å²) in [6.07, 6.45) is 1.37. The second-order valence-corrected chi connectivity index (χ2v) is 3.24. The highest BCUT2D eigenvalue weighted by molar-refractivity contribution is 5.61. The van der Waals surface area contributed by atoms with Crippen molar-refractivity contribution < 1.29 is 9.47 Å². The van der Waals surface area contributed by atoms with Gasteiger partial charge in [0.15, 0.2) is 17.3 Å². The quantitative estimate of drug-likeness (QED) is 0.854. The predicted octanol–water partition coefficient (Wildman–Crippen LogP) is 1.14. The highest BCUT2D eigenvalue weighted by Crippen LogP contribution is 2.30. The van der Waals surface area contributed by atoms with Crippen LogP contribution in [0.2, 0.25) is 0 Å². The third-order valence-corrected chi connectivity index (χ3v) is 2.23. The highest BCUT2D eigenvalue weighted by atomic mass is 16.5. The third-order valence-electron chi connectivity index (χ3n) is 2.23. The lowest BCUT2D eigenvalue weighted by Gasteiger charge is -2.08. The van der Waals surface area contributed by atoms with E-state index >= 15 is 0 Å². The molecule has 0 aliphatic rings. The maximum atomic E-state index is 5.50. The van der Waals surface area contributed by atoms with Crippen LogP contribution in [0.4, 0.5) is 5.95 Å². The van der Waals surface area contributed by atoms with Gasteiger partial charge in [-0.3, -0.25) is 0 Å². The molecule has 0 radical (unpaired) electrons. The van der Waals surface area contributed by atoms with Crippen LogP contribution in [0, 0.1) is 0 Å². The van der Waals surface area contributed by atoms with Crippen molar-refractivity contribution >= 4 is 5.95 Å². The van der Waals surface area contributed by atoms with E-state index in [-0.39, 0.29) is 5.95 Å². The molecule has 0 saturated heterocycles. The van der Waals surface area contributed by atoms with E-state index in [1.807, 2.05) is 6.07 Å². The van der Waals surface area contributed by atoms with Gasteiger partial charge in [0.25, 0.3) is 0 Å². The second kappa shape index (κ2) is 4.65. The number of nitrogens with zero attached hydrogens (tertiary/aromatic N) is 3. The Bertz CT molecular complexity index is 531. The molecule has 0 atom stereocenters. The monoisotopic (exact) mass is 232 g/mol. The van der Waals surface area contributed by atoms with E-state index in [9.17, 15) is 0 Å². The highest BCUT2D eigenvalue weighted by Gasteiger charge is 2.08. The van der Waals surface area contributed by atoms with Crippen molar-refractivity contribution in [3.63, 3.8) is 0 Å². The summed E-state index contributed by atoms with van der Waals surface area (Å²) >= 11 is 0. The number of ether oxygens (including phenoxy) is 2. The molecule has 0 amide bonds. The Balaban J connectivity index is 2.46. The predicted molar refractivity (Wildman–Crippen MR) is 62.8 cm³/mol. The Morgan fingerprint density at radius 1 is 1.06 bits per heavy atom. The van der Waals surface area contributed by atoms with Crippen molar-refractivity contribution in [1.29, 1.82) is 0 Å². The first-order chi connectivity index (χ1) is 8.24. The maximum absolute atomic E-state index is 5.50. The molecule has 2 aromatic rings. The number of anilines is 1. The van der Waals surface area contributed by atoms with Gasteiger partial charge >= 0.3 is 0 Å². The molecule has 1 heterocycles. The molecule has 17 heavy (non-hydrogen) atoms. The molecule has 1 aromatic heterocycles. The van der Waals surface area contributed by atoms with E-state index in [1.165, 1.54) is 6.33 Å². The lowest BCUT2D eigenvalue weighted by molar-refractivity contribution is 0.355. The van der Waals surface area contributed by atoms with Crippen LogP contribution in [0.5, 0.6) is 11.5 Å². The van der Waals surface area contributed by atoms with Crippen molar-refractivity contribution in [3.05, 3.63) is 24.5 Å². The Morgan fingerprint density at radius 2 is 1.82 bits per heavy atom. The summed E-state index contributed by atoms with van der Waals surface area (Å²) in [4.78, 5) is 11.8. The molecule has 2 N–H and O–H groups in total. The number of hydrogen-bond acceptors (Lipinski definition) is 6. The summed E-state index contributed by atoms with van der Waals surface area (Å²) in [5.41, 5.74) is 6.29. The Labute approximate surface area is 98.4 Å². The maximum Gasteiger partial charge on any atom is 0.223 e. The molecule has 6 heteroatoms. The zero-order valence-electron chi connectivity index (χ0n) is 9.54. The number of benzene rings is 1. The van der Waals surface area contributed by atoms with Gasteiger partial charge in [0.05, 0.1) is 14.2 Å². The van der Waals surface area contributed by atoms with Gasteiger partial charge in [-0.2, -0.15) is 4.98 Å². The number of nitrogens with two attached hydrogens (primary N) is 1. The zero-order valence-corrected chi connectivity index (χ0v) is 9.54. The first kappa shape index (κ1) is 11.1. The fraction of sp³-hybridized carbons (Fsp3) is 0.182. The van der Waals surface area contributed by atoms with Crippen LogP contribution in [-0.4, -0.2) is 29.2 Å². The zero-order chi connectivity index (χ0) is 12.3. The summed E-state index contributed by atoms with van der Waals surface area (Å²) in [7, 11) is 3.15. The van der Waals surface area contributed by atoms with E-state index in [2.05, 4.69) is 15.0 Å². The van der Waals surface area contributed by atoms with Crippen LogP contribution in [0.15, 0.2) is 24.5 Å². The van der Waals surface area contributed by atoms with Gasteiger partial charge in [0.1, 0.15) is 6.33 Å². The first-order valence-electron chi connectivity index (χ1n) is 4.91. The first-order valence-corrected chi connectivity index (χ1v) is 4.91. The van der Waals surface area contributed by atoms with Crippen LogP contribution in [0.1, 0.15) is 0 Å². The van der Waals surface area contributed by atoms with Gasteiger partial charge in [0, 0.05) is 5.56 Å². The number of hydrogen-bond donors (Lipinski definition) is 1. The van der Waals surface area contributed by atoms with E-state index < -0.39 is 0 Å². The number of aromatic nitrogens is 3. The second-order valence-electron chi connectivity index (χ2n) is 3.24. The summed E-state index contributed by atoms with van der Waals surface area (Å²) < 4.78 is 10.3. The fourth-order valence-electron chi connectivity index (χ4n) is 1.42. The van der Waals surface area contributed by atoms with Crippen molar-refractivity contribution in [2.24, 2.45) is 0 Å². The Morgan fingerprint density at radius 3 is 2.47 bits per heavy atom. The molecular formula is C11H12N4O2. The summed E-state index contributed by atoms with van der Waals surface area (Å²) in [5, 5.41) is 0. The molecule has 0 fully saturated rings. The molecule has 2 rings (SSSR count).